The summed E-state index contributed by atoms with van der Waals surface area (Å²) in [5.74, 6) is 6.79. The van der Waals surface area contributed by atoms with Crippen molar-refractivity contribution >= 4 is 68.2 Å². The van der Waals surface area contributed by atoms with E-state index in [1.165, 1.54) is 22.9 Å². The minimum Gasteiger partial charge on any atom is -0.456 e. The van der Waals surface area contributed by atoms with Crippen LogP contribution in [0.2, 0.25) is 0 Å². The van der Waals surface area contributed by atoms with Crippen molar-refractivity contribution in [1.29, 1.82) is 0 Å². The number of nitrogens with zero attached hydrogens (tertiary/aromatic N) is 4. The van der Waals surface area contributed by atoms with Gasteiger partial charge in [-0.05, 0) is 87.9 Å². The van der Waals surface area contributed by atoms with E-state index in [1.54, 1.807) is 6.07 Å². The first-order valence-electron chi connectivity index (χ1n) is 25.8. The predicted molar refractivity (Wildman–Crippen MR) is 302 cm³/mol. The minimum absolute atomic E-state index is 0.0680. The van der Waals surface area contributed by atoms with Crippen LogP contribution in [-0.4, -0.2) is 91.9 Å². The molecule has 1 amide bonds. The molecule has 9 N–H and O–H groups in total. The van der Waals surface area contributed by atoms with Crippen molar-refractivity contribution in [3.8, 4) is 34.5 Å². The Balaban J connectivity index is 0.923. The molecule has 0 spiro atoms. The van der Waals surface area contributed by atoms with Crippen LogP contribution in [0, 0.1) is 18.8 Å². The van der Waals surface area contributed by atoms with Gasteiger partial charge in [0, 0.05) is 58.7 Å². The molecule has 4 atom stereocenters. The van der Waals surface area contributed by atoms with Gasteiger partial charge in [-0.25, -0.2) is 18.3 Å². The second-order valence-electron chi connectivity index (χ2n) is 19.7. The van der Waals surface area contributed by atoms with Crippen molar-refractivity contribution in [2.45, 2.75) is 95.8 Å². The van der Waals surface area contributed by atoms with Crippen LogP contribution in [0.4, 0.5) is 11.6 Å². The summed E-state index contributed by atoms with van der Waals surface area (Å²) in [6.45, 7) is 11.8. The summed E-state index contributed by atoms with van der Waals surface area (Å²) in [6.07, 6.45) is 8.37. The van der Waals surface area contributed by atoms with Crippen LogP contribution >= 0.6 is 23.5 Å². The molecule has 81 heavy (non-hydrogen) atoms. The molecule has 4 aromatic rings. The largest absolute Gasteiger partial charge is 0.490 e. The van der Waals surface area contributed by atoms with Gasteiger partial charge in [-0.15, -0.1) is 0 Å². The molecule has 24 nitrogen and oxygen atoms in total. The summed E-state index contributed by atoms with van der Waals surface area (Å²) < 4.78 is 98.2. The second kappa shape index (κ2) is 24.6. The lowest BCUT2D eigenvalue weighted by Gasteiger charge is -2.27. The Hall–Kier alpha value is -6.32. The van der Waals surface area contributed by atoms with Gasteiger partial charge < -0.3 is 49.2 Å². The van der Waals surface area contributed by atoms with Crippen LogP contribution in [0.3, 0.4) is 0 Å². The van der Waals surface area contributed by atoms with E-state index in [-0.39, 0.29) is 59.2 Å². The molecule has 432 valence electrons. The van der Waals surface area contributed by atoms with Crippen molar-refractivity contribution < 1.29 is 73.3 Å². The van der Waals surface area contributed by atoms with E-state index < -0.39 is 63.5 Å². The molecule has 2 unspecified atom stereocenters. The predicted octanol–water partition coefficient (Wildman–Crippen LogP) is 7.48. The molecule has 0 radical (unpaired) electrons. The SMILES string of the molecule is CC[N+](CC)=c1ccc2c(/C=C/C=C3/N(CCCCCC(=O)NCC#Cc4cn([C@H]5CC[C@@H](COP(=O)(O)OP(=O)(O)OP(=O)(O)O)O5)c5nc(N)[nH]c(=O)c45)c4ccc(S(=O)(=O)O)cc4C3(C)C)c(C)c(-c3ccccc3)oc-2c1. The number of nitrogens with two attached hydrogens (primary N) is 1. The van der Waals surface area contributed by atoms with Gasteiger partial charge in [-0.1, -0.05) is 74.6 Å². The average Bonchev–Trinajstić information content (AvgIpc) is 4.21. The van der Waals surface area contributed by atoms with Crippen LogP contribution in [0.1, 0.15) is 94.7 Å². The number of nitrogen functional groups attached to an aromatic ring is 1. The van der Waals surface area contributed by atoms with Crippen molar-refractivity contribution in [2.75, 3.05) is 43.4 Å². The molecule has 8 rings (SSSR count). The first-order chi connectivity index (χ1) is 38.2. The molecule has 4 aliphatic rings. The number of aromatic amines is 1. The average molecular weight is 1200 g/mol. The van der Waals surface area contributed by atoms with Crippen molar-refractivity contribution in [2.24, 2.45) is 0 Å². The third kappa shape index (κ3) is 14.5. The molecule has 1 saturated heterocycles. The molecule has 2 aromatic heterocycles. The quantitative estimate of drug-likeness (QED) is 0.0114. The fourth-order valence-electron chi connectivity index (χ4n) is 10.1. The number of hydrogen-bond donors (Lipinski definition) is 8. The highest BCUT2D eigenvalue weighted by molar-refractivity contribution is 7.85. The maximum absolute atomic E-state index is 13.1. The minimum atomic E-state index is -5.72. The Morgan fingerprint density at radius 2 is 1.74 bits per heavy atom. The highest BCUT2D eigenvalue weighted by atomic mass is 32.2. The third-order valence-electron chi connectivity index (χ3n) is 13.9. The number of carbonyl (C=O) groups is 1. The lowest BCUT2D eigenvalue weighted by Crippen LogP contribution is -2.29. The number of amides is 1. The number of aromatic nitrogens is 3. The monoisotopic (exact) mass is 1190 g/mol. The summed E-state index contributed by atoms with van der Waals surface area (Å²) in [7, 11) is -21.2. The number of rotatable bonds is 21. The standard InChI is InChI=1S/C53H62N7O17P3S/c1-6-58(7-2)37-22-25-41-40(34(3)49(75-44(41)30-37)35-16-10-8-11-17-35)19-14-20-45-53(4,5)42-31-39(81(70,71)72)24-26-43(42)59(45)29-13-9-12-21-46(61)55-28-15-18-36-32-60(50-48(36)51(62)57-52(54)56-50)47-27-23-38(74-47)33-73-79(66,67)77-80(68,69)76-78(63,64)65/h8,10-11,14,16-17,19-20,22,24-26,30-32,38,47H,6-7,9,12-13,21,23,27-29,33H2,1-5H3,(H8-,54,55,56,57,61,62,63,64,65,66,67,68,69,70,71,72)/p+1/t38-,47+/m0/s1. The first kappa shape index (κ1) is 60.8. The van der Waals surface area contributed by atoms with Gasteiger partial charge >= 0.3 is 23.5 Å². The zero-order valence-electron chi connectivity index (χ0n) is 44.8. The maximum Gasteiger partial charge on any atom is 0.490 e. The van der Waals surface area contributed by atoms with E-state index in [1.807, 2.05) is 63.3 Å². The highest BCUT2D eigenvalue weighted by Gasteiger charge is 2.43. The van der Waals surface area contributed by atoms with Crippen LogP contribution < -0.4 is 31.4 Å². The highest BCUT2D eigenvalue weighted by Crippen LogP contribution is 2.66. The van der Waals surface area contributed by atoms with Crippen LogP contribution in [0.15, 0.2) is 105 Å². The summed E-state index contributed by atoms with van der Waals surface area (Å²) in [5, 5.41) is 3.91. The third-order valence-corrected chi connectivity index (χ3v) is 18.5. The van der Waals surface area contributed by atoms with Gasteiger partial charge in [0.25, 0.3) is 15.7 Å². The van der Waals surface area contributed by atoms with E-state index in [0.29, 0.717) is 25.8 Å². The van der Waals surface area contributed by atoms with Gasteiger partial charge in [0.2, 0.25) is 17.2 Å². The molecule has 28 heteroatoms. The van der Waals surface area contributed by atoms with Crippen molar-refractivity contribution in [1.82, 2.24) is 24.4 Å². The van der Waals surface area contributed by atoms with Crippen LogP contribution in [0.5, 0.6) is 0 Å². The number of fused-ring (bicyclic) bond motifs is 3. The van der Waals surface area contributed by atoms with Gasteiger partial charge in [0.1, 0.15) is 30.8 Å². The molecule has 1 fully saturated rings. The zero-order valence-corrected chi connectivity index (χ0v) is 48.3. The Bertz CT molecular complexity index is 3870. The topological polar surface area (TPSA) is 349 Å². The van der Waals surface area contributed by atoms with Crippen LogP contribution in [0.25, 0.3) is 39.8 Å². The van der Waals surface area contributed by atoms with E-state index in [2.05, 4.69) is 83.3 Å². The molecular weight excluding hydrogens is 1130 g/mol. The number of hydrogen-bond acceptors (Lipinski definition) is 15. The number of unbranched alkanes of at least 4 members (excludes halogenated alkanes) is 2. The normalized spacial score (nSPS) is 18.2. The number of ether oxygens (including phenoxy) is 1. The summed E-state index contributed by atoms with van der Waals surface area (Å²) in [5.41, 5.74) is 11.2. The molecule has 3 aliphatic heterocycles. The maximum atomic E-state index is 13.1. The summed E-state index contributed by atoms with van der Waals surface area (Å²) in [4.78, 5) is 71.7. The fraction of sp³-hybridized carbons (Fsp3) is 0.358. The van der Waals surface area contributed by atoms with Crippen molar-refractivity contribution in [3.05, 3.63) is 129 Å². The molecule has 5 heterocycles. The van der Waals surface area contributed by atoms with Crippen molar-refractivity contribution in [3.63, 3.8) is 0 Å². The van der Waals surface area contributed by atoms with Gasteiger partial charge in [-0.3, -0.25) is 23.6 Å². The first-order valence-corrected chi connectivity index (χ1v) is 31.7. The summed E-state index contributed by atoms with van der Waals surface area (Å²) >= 11 is 0. The fourth-order valence-corrected chi connectivity index (χ4v) is 13.6. The number of anilines is 2. The number of carbonyl (C=O) groups excluding carboxylic acids is 1. The zero-order chi connectivity index (χ0) is 58.7. The number of benzene rings is 3. The molecular formula is C53H63N7O17P3S+. The van der Waals surface area contributed by atoms with Crippen LogP contribution in [-0.2, 0) is 51.9 Å². The Kier molecular flexibility index (Phi) is 18.5. The summed E-state index contributed by atoms with van der Waals surface area (Å²) in [6, 6.07) is 20.9. The Morgan fingerprint density at radius 1 is 1.00 bits per heavy atom. The van der Waals surface area contributed by atoms with E-state index >= 15 is 0 Å². The number of phosphoric ester groups is 1. The number of allylic oxidation sites excluding steroid dienone is 3. The van der Waals surface area contributed by atoms with E-state index in [9.17, 15) is 46.0 Å². The van der Waals surface area contributed by atoms with Gasteiger partial charge in [0.05, 0.1) is 41.2 Å². The lowest BCUT2D eigenvalue weighted by molar-refractivity contribution is -0.120. The molecule has 0 bridgehead atoms. The molecule has 2 aromatic carbocycles. The lowest BCUT2D eigenvalue weighted by atomic mass is 9.83. The Morgan fingerprint density at radius 3 is 2.44 bits per heavy atom. The molecule has 1 aliphatic carbocycles. The second-order valence-corrected chi connectivity index (χ2v) is 25.5. The van der Waals surface area contributed by atoms with E-state index in [0.717, 1.165) is 69.2 Å². The molecule has 0 saturated carbocycles. The number of H-pyrrole nitrogens is 1. The van der Waals surface area contributed by atoms with Gasteiger partial charge in [0.15, 0.2) is 5.65 Å². The van der Waals surface area contributed by atoms with E-state index in [4.69, 9.17) is 29.2 Å². The Labute approximate surface area is 466 Å². The number of phosphoric acid groups is 3. The smallest absolute Gasteiger partial charge is 0.456 e. The van der Waals surface area contributed by atoms with Gasteiger partial charge in [-0.2, -0.15) is 22.0 Å². The number of nitrogens with one attached hydrogen (secondary N) is 2.